The van der Waals surface area contributed by atoms with E-state index in [0.29, 0.717) is 22.4 Å². The Kier molecular flexibility index (Phi) is 6.35. The van der Waals surface area contributed by atoms with Crippen molar-refractivity contribution in [2.24, 2.45) is 0 Å². The van der Waals surface area contributed by atoms with Gasteiger partial charge in [-0.2, -0.15) is 13.2 Å². The van der Waals surface area contributed by atoms with Gasteiger partial charge in [0.25, 0.3) is 5.91 Å². The second kappa shape index (κ2) is 8.66. The zero-order valence-electron chi connectivity index (χ0n) is 16.2. The molecule has 0 saturated heterocycles. The van der Waals surface area contributed by atoms with Crippen LogP contribution in [0.4, 0.5) is 18.9 Å². The molecule has 3 aromatic rings. The molecule has 0 aliphatic carbocycles. The van der Waals surface area contributed by atoms with E-state index in [1.807, 2.05) is 0 Å². The highest BCUT2D eigenvalue weighted by Gasteiger charge is 2.30. The molecule has 0 aliphatic heterocycles. The van der Waals surface area contributed by atoms with E-state index in [1.54, 1.807) is 12.1 Å². The first-order valence-corrected chi connectivity index (χ1v) is 9.47. The van der Waals surface area contributed by atoms with E-state index in [4.69, 9.17) is 11.6 Å². The summed E-state index contributed by atoms with van der Waals surface area (Å²) in [6.07, 6.45) is -3.04. The van der Waals surface area contributed by atoms with Gasteiger partial charge in [0.2, 0.25) is 0 Å². The molecule has 162 valence electrons. The maximum atomic E-state index is 12.6. The van der Waals surface area contributed by atoms with Crippen LogP contribution in [0, 0.1) is 0 Å². The minimum Gasteiger partial charge on any atom is -0.393 e. The van der Waals surface area contributed by atoms with Crippen molar-refractivity contribution in [2.45, 2.75) is 18.7 Å². The number of rotatable bonds is 5. The van der Waals surface area contributed by atoms with Crippen LogP contribution in [0.5, 0.6) is 0 Å². The van der Waals surface area contributed by atoms with Crippen molar-refractivity contribution >= 4 is 23.2 Å². The van der Waals surface area contributed by atoms with E-state index >= 15 is 0 Å². The Morgan fingerprint density at radius 2 is 1.68 bits per heavy atom. The van der Waals surface area contributed by atoms with Crippen molar-refractivity contribution in [3.8, 4) is 11.3 Å². The molecule has 0 fully saturated rings. The van der Waals surface area contributed by atoms with Crippen molar-refractivity contribution in [2.75, 3.05) is 11.9 Å². The molecule has 0 bridgehead atoms. The normalized spacial score (nSPS) is 13.5. The highest BCUT2D eigenvalue weighted by Crippen LogP contribution is 2.31. The lowest BCUT2D eigenvalue weighted by molar-refractivity contribution is -0.137. The molecular formula is C22H18ClF3N2O3. The fraction of sp³-hybridized carbons (Fsp3) is 0.182. The molecule has 0 aliphatic rings. The SMILES string of the molecule is C[C@@](O)(CO)c1cnc(-c2ccc(C(=O)Nc3ccc(C(F)(F)F)cc3)cc2)c(Cl)c1. The number of pyridine rings is 1. The average molecular weight is 451 g/mol. The van der Waals surface area contributed by atoms with Crippen LogP contribution >= 0.6 is 11.6 Å². The number of halogens is 4. The van der Waals surface area contributed by atoms with Gasteiger partial charge in [-0.3, -0.25) is 9.78 Å². The molecule has 1 amide bonds. The molecule has 0 unspecified atom stereocenters. The third-order valence-corrected chi connectivity index (χ3v) is 4.95. The summed E-state index contributed by atoms with van der Waals surface area (Å²) < 4.78 is 37.9. The van der Waals surface area contributed by atoms with Gasteiger partial charge >= 0.3 is 6.18 Å². The fourth-order valence-corrected chi connectivity index (χ4v) is 3.04. The summed E-state index contributed by atoms with van der Waals surface area (Å²) in [4.78, 5) is 16.6. The van der Waals surface area contributed by atoms with E-state index in [2.05, 4.69) is 10.3 Å². The quantitative estimate of drug-likeness (QED) is 0.518. The number of nitrogens with zero attached hydrogens (tertiary/aromatic N) is 1. The number of hydrogen-bond acceptors (Lipinski definition) is 4. The Balaban J connectivity index is 1.75. The molecule has 3 N–H and O–H groups in total. The fourth-order valence-electron chi connectivity index (χ4n) is 2.76. The van der Waals surface area contributed by atoms with Gasteiger partial charge in [0.1, 0.15) is 5.60 Å². The second-order valence-corrected chi connectivity index (χ2v) is 7.50. The van der Waals surface area contributed by atoms with Crippen LogP contribution in [0.15, 0.2) is 60.8 Å². The smallest absolute Gasteiger partial charge is 0.393 e. The molecule has 9 heteroatoms. The number of nitrogens with one attached hydrogen (secondary N) is 1. The van der Waals surface area contributed by atoms with Gasteiger partial charge in [0.05, 0.1) is 22.9 Å². The van der Waals surface area contributed by atoms with E-state index in [9.17, 15) is 28.2 Å². The highest BCUT2D eigenvalue weighted by molar-refractivity contribution is 6.33. The summed E-state index contributed by atoms with van der Waals surface area (Å²) in [6, 6.07) is 12.0. The monoisotopic (exact) mass is 450 g/mol. The van der Waals surface area contributed by atoms with E-state index < -0.39 is 29.9 Å². The van der Waals surface area contributed by atoms with Gasteiger partial charge in [-0.05, 0) is 49.4 Å². The second-order valence-electron chi connectivity index (χ2n) is 7.09. The van der Waals surface area contributed by atoms with Crippen LogP contribution in [-0.4, -0.2) is 27.7 Å². The lowest BCUT2D eigenvalue weighted by Gasteiger charge is -2.21. The van der Waals surface area contributed by atoms with Crippen molar-refractivity contribution in [3.05, 3.63) is 82.5 Å². The maximum Gasteiger partial charge on any atom is 0.416 e. The van der Waals surface area contributed by atoms with Crippen molar-refractivity contribution < 1.29 is 28.2 Å². The van der Waals surface area contributed by atoms with Gasteiger partial charge in [0, 0.05) is 28.6 Å². The number of anilines is 1. The minimum absolute atomic E-state index is 0.235. The van der Waals surface area contributed by atoms with Crippen LogP contribution in [0.2, 0.25) is 5.02 Å². The number of aromatic nitrogens is 1. The number of alkyl halides is 3. The molecule has 0 spiro atoms. The molecule has 1 atom stereocenters. The molecule has 0 radical (unpaired) electrons. The Bertz CT molecular complexity index is 1080. The van der Waals surface area contributed by atoms with Crippen molar-refractivity contribution in [1.29, 1.82) is 0 Å². The first-order chi connectivity index (χ1) is 14.5. The Hall–Kier alpha value is -2.94. The molecule has 5 nitrogen and oxygen atoms in total. The minimum atomic E-state index is -4.44. The molecule has 1 heterocycles. The molecular weight excluding hydrogens is 433 g/mol. The van der Waals surface area contributed by atoms with Crippen LogP contribution in [0.3, 0.4) is 0 Å². The zero-order chi connectivity index (χ0) is 22.8. The molecule has 2 aromatic carbocycles. The van der Waals surface area contributed by atoms with Crippen LogP contribution in [-0.2, 0) is 11.8 Å². The summed E-state index contributed by atoms with van der Waals surface area (Å²) in [7, 11) is 0. The van der Waals surface area contributed by atoms with Crippen LogP contribution in [0.25, 0.3) is 11.3 Å². The number of carbonyl (C=O) groups is 1. The van der Waals surface area contributed by atoms with E-state index in [0.717, 1.165) is 12.1 Å². The third-order valence-electron chi connectivity index (χ3n) is 4.66. The zero-order valence-corrected chi connectivity index (χ0v) is 17.0. The summed E-state index contributed by atoms with van der Waals surface area (Å²) in [5, 5.41) is 22.2. The number of hydrogen-bond donors (Lipinski definition) is 3. The first-order valence-electron chi connectivity index (χ1n) is 9.09. The van der Waals surface area contributed by atoms with Gasteiger partial charge in [-0.15, -0.1) is 0 Å². The predicted molar refractivity (Wildman–Crippen MR) is 111 cm³/mol. The Morgan fingerprint density at radius 1 is 1.06 bits per heavy atom. The predicted octanol–water partition coefficient (Wildman–Crippen LogP) is 4.87. The van der Waals surface area contributed by atoms with Gasteiger partial charge in [-0.1, -0.05) is 23.7 Å². The molecule has 3 rings (SSSR count). The number of carbonyl (C=O) groups excluding carboxylic acids is 1. The lowest BCUT2D eigenvalue weighted by Crippen LogP contribution is -2.26. The Labute approximate surface area is 181 Å². The van der Waals surface area contributed by atoms with E-state index in [1.165, 1.54) is 43.5 Å². The molecule has 31 heavy (non-hydrogen) atoms. The van der Waals surface area contributed by atoms with Crippen LogP contribution < -0.4 is 5.32 Å². The number of aliphatic hydroxyl groups is 2. The van der Waals surface area contributed by atoms with Gasteiger partial charge in [0.15, 0.2) is 0 Å². The van der Waals surface area contributed by atoms with Crippen LogP contribution in [0.1, 0.15) is 28.4 Å². The number of benzene rings is 2. The highest BCUT2D eigenvalue weighted by atomic mass is 35.5. The first kappa shape index (κ1) is 22.7. The molecule has 0 saturated carbocycles. The number of aliphatic hydroxyl groups excluding tert-OH is 1. The summed E-state index contributed by atoms with van der Waals surface area (Å²) in [5.74, 6) is -0.486. The molecule has 1 aromatic heterocycles. The van der Waals surface area contributed by atoms with Crippen molar-refractivity contribution in [3.63, 3.8) is 0 Å². The summed E-state index contributed by atoms with van der Waals surface area (Å²) in [6.45, 7) is 0.942. The van der Waals surface area contributed by atoms with Gasteiger partial charge in [-0.25, -0.2) is 0 Å². The summed E-state index contributed by atoms with van der Waals surface area (Å²) in [5.41, 5.74) is -0.352. The largest absolute Gasteiger partial charge is 0.416 e. The summed E-state index contributed by atoms with van der Waals surface area (Å²) >= 11 is 6.27. The van der Waals surface area contributed by atoms with Crippen molar-refractivity contribution in [1.82, 2.24) is 4.98 Å². The lowest BCUT2D eigenvalue weighted by atomic mass is 9.98. The average Bonchev–Trinajstić information content (AvgIpc) is 2.73. The van der Waals surface area contributed by atoms with Gasteiger partial charge < -0.3 is 15.5 Å². The Morgan fingerprint density at radius 3 is 2.19 bits per heavy atom. The maximum absolute atomic E-state index is 12.6. The topological polar surface area (TPSA) is 82.5 Å². The number of amides is 1. The standard InChI is InChI=1S/C22H18ClF3N2O3/c1-21(31,12-29)16-10-18(23)19(27-11-16)13-2-4-14(5-3-13)20(30)28-17-8-6-15(7-9-17)22(24,25)26/h2-11,29,31H,12H2,1H3,(H,28,30)/t21-/m1/s1. The van der Waals surface area contributed by atoms with E-state index in [-0.39, 0.29) is 10.7 Å². The third kappa shape index (κ3) is 5.22.